The SMILES string of the molecule is Cc1c(O)cccc1C(=O)N1CCC[C@@H](N)C1.Cl. The van der Waals surface area contributed by atoms with Gasteiger partial charge in [0.1, 0.15) is 5.75 Å². The quantitative estimate of drug-likeness (QED) is 0.816. The molecule has 1 aliphatic rings. The van der Waals surface area contributed by atoms with Crippen molar-refractivity contribution < 1.29 is 9.90 Å². The largest absolute Gasteiger partial charge is 0.508 e. The van der Waals surface area contributed by atoms with Gasteiger partial charge in [0.25, 0.3) is 5.91 Å². The number of nitrogens with two attached hydrogens (primary N) is 1. The molecule has 4 nitrogen and oxygen atoms in total. The molecule has 0 aromatic heterocycles. The number of likely N-dealkylation sites (tertiary alicyclic amines) is 1. The van der Waals surface area contributed by atoms with Crippen LogP contribution in [0.1, 0.15) is 28.8 Å². The molecule has 1 atom stereocenters. The zero-order chi connectivity index (χ0) is 12.4. The zero-order valence-electron chi connectivity index (χ0n) is 10.4. The predicted molar refractivity (Wildman–Crippen MR) is 73.2 cm³/mol. The van der Waals surface area contributed by atoms with Crippen LogP contribution in [0.4, 0.5) is 0 Å². The van der Waals surface area contributed by atoms with Crippen LogP contribution < -0.4 is 5.73 Å². The third-order valence-corrected chi connectivity index (χ3v) is 3.28. The van der Waals surface area contributed by atoms with E-state index in [1.165, 1.54) is 0 Å². The van der Waals surface area contributed by atoms with Crippen molar-refractivity contribution in [1.29, 1.82) is 0 Å². The number of rotatable bonds is 1. The van der Waals surface area contributed by atoms with Crippen molar-refractivity contribution in [3.05, 3.63) is 29.3 Å². The van der Waals surface area contributed by atoms with Crippen LogP contribution in [0.2, 0.25) is 0 Å². The third kappa shape index (κ3) is 2.94. The summed E-state index contributed by atoms with van der Waals surface area (Å²) >= 11 is 0. The van der Waals surface area contributed by atoms with E-state index < -0.39 is 0 Å². The summed E-state index contributed by atoms with van der Waals surface area (Å²) in [5.41, 5.74) is 7.07. The van der Waals surface area contributed by atoms with Crippen LogP contribution in [0.25, 0.3) is 0 Å². The van der Waals surface area contributed by atoms with Gasteiger partial charge in [-0.15, -0.1) is 12.4 Å². The molecule has 0 aliphatic carbocycles. The highest BCUT2D eigenvalue weighted by Gasteiger charge is 2.23. The number of hydrogen-bond donors (Lipinski definition) is 2. The minimum Gasteiger partial charge on any atom is -0.508 e. The molecule has 100 valence electrons. The van der Waals surface area contributed by atoms with Crippen LogP contribution in [0.5, 0.6) is 5.75 Å². The standard InChI is InChI=1S/C13H18N2O2.ClH/c1-9-11(5-2-6-12(9)16)13(17)15-7-3-4-10(14)8-15;/h2,5-6,10,16H,3-4,7-8,14H2,1H3;1H/t10-;/m1./s1. The molecule has 0 bridgehead atoms. The molecule has 3 N–H and O–H groups in total. The van der Waals surface area contributed by atoms with Crippen molar-refractivity contribution in [3.63, 3.8) is 0 Å². The van der Waals surface area contributed by atoms with Crippen molar-refractivity contribution >= 4 is 18.3 Å². The first-order valence-corrected chi connectivity index (χ1v) is 5.93. The Kier molecular flexibility index (Phi) is 4.99. The molecule has 1 amide bonds. The fourth-order valence-electron chi connectivity index (χ4n) is 2.22. The minimum atomic E-state index is -0.0337. The van der Waals surface area contributed by atoms with E-state index in [0.29, 0.717) is 17.7 Å². The Morgan fingerprint density at radius 1 is 1.50 bits per heavy atom. The van der Waals surface area contributed by atoms with E-state index in [9.17, 15) is 9.90 Å². The van der Waals surface area contributed by atoms with E-state index in [0.717, 1.165) is 19.4 Å². The molecule has 1 aliphatic heterocycles. The molecule has 1 heterocycles. The summed E-state index contributed by atoms with van der Waals surface area (Å²) in [7, 11) is 0. The van der Waals surface area contributed by atoms with E-state index in [2.05, 4.69) is 0 Å². The van der Waals surface area contributed by atoms with Gasteiger partial charge in [-0.25, -0.2) is 0 Å². The van der Waals surface area contributed by atoms with Crippen molar-refractivity contribution in [2.24, 2.45) is 5.73 Å². The van der Waals surface area contributed by atoms with Crippen LogP contribution in [0.15, 0.2) is 18.2 Å². The number of phenolic OH excluding ortho intramolecular Hbond substituents is 1. The number of phenols is 1. The maximum Gasteiger partial charge on any atom is 0.254 e. The Bertz CT molecular complexity index is 437. The lowest BCUT2D eigenvalue weighted by atomic mass is 10.0. The number of hydrogen-bond acceptors (Lipinski definition) is 3. The van der Waals surface area contributed by atoms with Crippen LogP contribution in [-0.4, -0.2) is 35.0 Å². The number of carbonyl (C=O) groups excluding carboxylic acids is 1. The Labute approximate surface area is 113 Å². The number of halogens is 1. The average molecular weight is 271 g/mol. The number of aromatic hydroxyl groups is 1. The molecule has 18 heavy (non-hydrogen) atoms. The Morgan fingerprint density at radius 2 is 2.22 bits per heavy atom. The van der Waals surface area contributed by atoms with Crippen LogP contribution in [0, 0.1) is 6.92 Å². The maximum atomic E-state index is 12.3. The molecular weight excluding hydrogens is 252 g/mol. The Balaban J connectivity index is 0.00000162. The van der Waals surface area contributed by atoms with Crippen molar-refractivity contribution in [1.82, 2.24) is 4.90 Å². The Morgan fingerprint density at radius 3 is 2.89 bits per heavy atom. The highest BCUT2D eigenvalue weighted by atomic mass is 35.5. The molecule has 2 rings (SSSR count). The van der Waals surface area contributed by atoms with Gasteiger partial charge in [-0.3, -0.25) is 4.79 Å². The van der Waals surface area contributed by atoms with E-state index in [1.807, 2.05) is 0 Å². The van der Waals surface area contributed by atoms with Gasteiger partial charge in [0, 0.05) is 30.3 Å². The van der Waals surface area contributed by atoms with Gasteiger partial charge in [0.05, 0.1) is 0 Å². The maximum absolute atomic E-state index is 12.3. The van der Waals surface area contributed by atoms with Crippen molar-refractivity contribution in [3.8, 4) is 5.75 Å². The summed E-state index contributed by atoms with van der Waals surface area (Å²) in [5.74, 6) is 0.130. The first kappa shape index (κ1) is 14.8. The fraction of sp³-hybridized carbons (Fsp3) is 0.462. The second kappa shape index (κ2) is 6.07. The lowest BCUT2D eigenvalue weighted by Crippen LogP contribution is -2.45. The summed E-state index contributed by atoms with van der Waals surface area (Å²) in [5, 5.41) is 9.60. The number of benzene rings is 1. The number of carbonyl (C=O) groups is 1. The highest BCUT2D eigenvalue weighted by Crippen LogP contribution is 2.22. The van der Waals surface area contributed by atoms with E-state index >= 15 is 0 Å². The smallest absolute Gasteiger partial charge is 0.254 e. The van der Waals surface area contributed by atoms with Crippen LogP contribution in [-0.2, 0) is 0 Å². The van der Waals surface area contributed by atoms with Gasteiger partial charge in [-0.2, -0.15) is 0 Å². The molecule has 1 aromatic carbocycles. The Hall–Kier alpha value is -1.26. The van der Waals surface area contributed by atoms with Crippen molar-refractivity contribution in [2.45, 2.75) is 25.8 Å². The lowest BCUT2D eigenvalue weighted by Gasteiger charge is -2.31. The van der Waals surface area contributed by atoms with Gasteiger partial charge in [0.2, 0.25) is 0 Å². The van der Waals surface area contributed by atoms with Crippen LogP contribution in [0.3, 0.4) is 0 Å². The summed E-state index contributed by atoms with van der Waals surface area (Å²) < 4.78 is 0. The molecule has 5 heteroatoms. The molecule has 0 radical (unpaired) electrons. The predicted octanol–water partition coefficient (Wildman–Crippen LogP) is 1.69. The summed E-state index contributed by atoms with van der Waals surface area (Å²) in [6.07, 6.45) is 1.92. The topological polar surface area (TPSA) is 66.6 Å². The zero-order valence-corrected chi connectivity index (χ0v) is 11.2. The summed E-state index contributed by atoms with van der Waals surface area (Å²) in [4.78, 5) is 14.1. The first-order chi connectivity index (χ1) is 8.09. The lowest BCUT2D eigenvalue weighted by molar-refractivity contribution is 0.0707. The second-order valence-electron chi connectivity index (χ2n) is 4.60. The first-order valence-electron chi connectivity index (χ1n) is 5.93. The van der Waals surface area contributed by atoms with Gasteiger partial charge >= 0.3 is 0 Å². The van der Waals surface area contributed by atoms with E-state index in [1.54, 1.807) is 30.0 Å². The molecule has 0 unspecified atom stereocenters. The van der Waals surface area contributed by atoms with E-state index in [4.69, 9.17) is 5.73 Å². The fourth-order valence-corrected chi connectivity index (χ4v) is 2.22. The molecule has 1 fully saturated rings. The van der Waals surface area contributed by atoms with Gasteiger partial charge in [0.15, 0.2) is 0 Å². The molecule has 0 spiro atoms. The summed E-state index contributed by atoms with van der Waals surface area (Å²) in [6.45, 7) is 3.11. The van der Waals surface area contributed by atoms with Crippen molar-refractivity contribution in [2.75, 3.05) is 13.1 Å². The normalized spacial score (nSPS) is 19.2. The minimum absolute atomic E-state index is 0. The molecule has 1 saturated heterocycles. The highest BCUT2D eigenvalue weighted by molar-refractivity contribution is 5.96. The molecule has 0 saturated carbocycles. The molecular formula is C13H19ClN2O2. The van der Waals surface area contributed by atoms with Crippen LogP contribution >= 0.6 is 12.4 Å². The monoisotopic (exact) mass is 270 g/mol. The van der Waals surface area contributed by atoms with Gasteiger partial charge in [-0.1, -0.05) is 6.07 Å². The number of piperidine rings is 1. The molecule has 1 aromatic rings. The van der Waals surface area contributed by atoms with E-state index in [-0.39, 0.29) is 30.1 Å². The number of nitrogens with zero attached hydrogens (tertiary/aromatic N) is 1. The second-order valence-corrected chi connectivity index (χ2v) is 4.60. The average Bonchev–Trinajstić information content (AvgIpc) is 2.32. The number of amides is 1. The summed E-state index contributed by atoms with van der Waals surface area (Å²) in [6, 6.07) is 5.11. The van der Waals surface area contributed by atoms with Gasteiger partial charge < -0.3 is 15.7 Å². The van der Waals surface area contributed by atoms with Gasteiger partial charge in [-0.05, 0) is 31.9 Å². The third-order valence-electron chi connectivity index (χ3n) is 3.28.